The van der Waals surface area contributed by atoms with Gasteiger partial charge in [-0.2, -0.15) is 13.2 Å². The Balaban J connectivity index is 1.79. The van der Waals surface area contributed by atoms with E-state index in [1.807, 2.05) is 0 Å². The number of aromatic nitrogens is 1. The second kappa shape index (κ2) is 6.68. The third kappa shape index (κ3) is 3.80. The van der Waals surface area contributed by atoms with Gasteiger partial charge in [-0.3, -0.25) is 9.59 Å². The zero-order valence-corrected chi connectivity index (χ0v) is 13.8. The number of nitrogens with one attached hydrogen (secondary N) is 1. The van der Waals surface area contributed by atoms with E-state index in [9.17, 15) is 22.8 Å². The van der Waals surface area contributed by atoms with Gasteiger partial charge in [0.2, 0.25) is 5.91 Å². The van der Waals surface area contributed by atoms with Crippen LogP contribution < -0.4 is 5.32 Å². The Hall–Kier alpha value is -2.06. The summed E-state index contributed by atoms with van der Waals surface area (Å²) in [4.78, 5) is 28.7. The lowest BCUT2D eigenvalue weighted by Crippen LogP contribution is -2.58. The molecule has 1 aliphatic carbocycles. The van der Waals surface area contributed by atoms with Crippen LogP contribution in [0, 0.1) is 0 Å². The van der Waals surface area contributed by atoms with Crippen LogP contribution in [0.15, 0.2) is 10.7 Å². The van der Waals surface area contributed by atoms with Crippen LogP contribution in [0.1, 0.15) is 61.3 Å². The molecule has 25 heavy (non-hydrogen) atoms. The lowest BCUT2D eigenvalue weighted by atomic mass is 9.85. The molecule has 1 aliphatic heterocycles. The first-order chi connectivity index (χ1) is 11.8. The first kappa shape index (κ1) is 17.8. The monoisotopic (exact) mass is 359 g/mol. The fraction of sp³-hybridized carbons (Fsp3) is 0.688. The smallest absolute Gasteiger partial charge is 0.408 e. The Bertz CT molecular complexity index is 655. The van der Waals surface area contributed by atoms with Gasteiger partial charge in [-0.05, 0) is 25.7 Å². The molecule has 2 heterocycles. The maximum atomic E-state index is 13.3. The summed E-state index contributed by atoms with van der Waals surface area (Å²) in [5.74, 6) is -0.592. The van der Waals surface area contributed by atoms with Crippen molar-refractivity contribution in [2.75, 3.05) is 6.54 Å². The molecule has 1 saturated carbocycles. The van der Waals surface area contributed by atoms with Crippen molar-refractivity contribution in [3.63, 3.8) is 0 Å². The van der Waals surface area contributed by atoms with Gasteiger partial charge >= 0.3 is 6.18 Å². The van der Waals surface area contributed by atoms with E-state index in [2.05, 4.69) is 10.3 Å². The molecule has 1 aromatic rings. The van der Waals surface area contributed by atoms with Gasteiger partial charge in [0.15, 0.2) is 11.6 Å². The van der Waals surface area contributed by atoms with Crippen LogP contribution in [0.3, 0.4) is 0 Å². The van der Waals surface area contributed by atoms with Gasteiger partial charge in [0, 0.05) is 25.4 Å². The van der Waals surface area contributed by atoms with Crippen LogP contribution in [-0.4, -0.2) is 46.5 Å². The highest BCUT2D eigenvalue weighted by Crippen LogP contribution is 2.36. The van der Waals surface area contributed by atoms with Gasteiger partial charge < -0.3 is 14.6 Å². The van der Waals surface area contributed by atoms with Gasteiger partial charge in [0.05, 0.1) is 0 Å². The van der Waals surface area contributed by atoms with Crippen LogP contribution in [0.2, 0.25) is 0 Å². The highest BCUT2D eigenvalue weighted by Gasteiger charge is 2.48. The van der Waals surface area contributed by atoms with Gasteiger partial charge in [-0.25, -0.2) is 4.98 Å². The van der Waals surface area contributed by atoms with Crippen LogP contribution in [0.5, 0.6) is 0 Å². The van der Waals surface area contributed by atoms with Gasteiger partial charge in [-0.15, -0.1) is 0 Å². The standard InChI is InChI=1S/C16H20F3N3O3/c1-9(23)20-11-5-6-13(16(17,18)19)22(7-11)15(24)12-8-25-14(21-12)10-3-2-4-10/h8,10-11,13H,2-7H2,1H3,(H,20,23). The summed E-state index contributed by atoms with van der Waals surface area (Å²) in [5, 5.41) is 2.59. The molecular formula is C16H20F3N3O3. The van der Waals surface area contributed by atoms with Crippen molar-refractivity contribution >= 4 is 11.8 Å². The normalized spacial score (nSPS) is 24.7. The maximum Gasteiger partial charge on any atom is 0.408 e. The van der Waals surface area contributed by atoms with E-state index in [4.69, 9.17) is 4.42 Å². The highest BCUT2D eigenvalue weighted by atomic mass is 19.4. The SMILES string of the molecule is CC(=O)NC1CCC(C(F)(F)F)N(C(=O)c2coc(C3CCC3)n2)C1. The van der Waals surface area contributed by atoms with E-state index in [1.54, 1.807) is 0 Å². The predicted molar refractivity (Wildman–Crippen MR) is 80.8 cm³/mol. The number of hydrogen-bond donors (Lipinski definition) is 1. The average Bonchev–Trinajstić information content (AvgIpc) is 2.92. The Morgan fingerprint density at radius 3 is 2.56 bits per heavy atom. The number of rotatable bonds is 3. The minimum absolute atomic E-state index is 0.111. The number of carbonyl (C=O) groups is 2. The van der Waals surface area contributed by atoms with E-state index >= 15 is 0 Å². The number of hydrogen-bond acceptors (Lipinski definition) is 4. The molecule has 0 bridgehead atoms. The number of halogens is 3. The summed E-state index contributed by atoms with van der Waals surface area (Å²) in [6, 6.07) is -2.38. The Morgan fingerprint density at radius 1 is 1.28 bits per heavy atom. The second-order valence-electron chi connectivity index (χ2n) is 6.69. The summed E-state index contributed by atoms with van der Waals surface area (Å²) < 4.78 is 45.3. The number of piperidine rings is 1. The zero-order valence-electron chi connectivity index (χ0n) is 13.8. The molecule has 2 atom stereocenters. The molecule has 2 fully saturated rings. The van der Waals surface area contributed by atoms with E-state index < -0.39 is 24.2 Å². The van der Waals surface area contributed by atoms with Crippen LogP contribution in [0.4, 0.5) is 13.2 Å². The van der Waals surface area contributed by atoms with Crippen molar-refractivity contribution in [3.8, 4) is 0 Å². The molecule has 138 valence electrons. The van der Waals surface area contributed by atoms with E-state index in [-0.39, 0.29) is 36.9 Å². The number of carbonyl (C=O) groups excluding carboxylic acids is 2. The zero-order chi connectivity index (χ0) is 18.2. The van der Waals surface area contributed by atoms with Crippen molar-refractivity contribution < 1.29 is 27.2 Å². The minimum Gasteiger partial charge on any atom is -0.448 e. The fourth-order valence-corrected chi connectivity index (χ4v) is 3.32. The lowest BCUT2D eigenvalue weighted by molar-refractivity contribution is -0.184. The number of likely N-dealkylation sites (tertiary alicyclic amines) is 1. The predicted octanol–water partition coefficient (Wildman–Crippen LogP) is 2.61. The third-order valence-electron chi connectivity index (χ3n) is 4.82. The fourth-order valence-electron chi connectivity index (χ4n) is 3.32. The van der Waals surface area contributed by atoms with Crippen molar-refractivity contribution in [2.45, 2.75) is 63.2 Å². The number of amides is 2. The number of oxazole rings is 1. The Kier molecular flexibility index (Phi) is 4.75. The molecule has 6 nitrogen and oxygen atoms in total. The van der Waals surface area contributed by atoms with E-state index in [0.717, 1.165) is 30.4 Å². The molecule has 1 saturated heterocycles. The molecule has 0 radical (unpaired) electrons. The molecule has 1 aromatic heterocycles. The van der Waals surface area contributed by atoms with E-state index in [1.165, 1.54) is 6.92 Å². The summed E-state index contributed by atoms with van der Waals surface area (Å²) in [7, 11) is 0. The first-order valence-electron chi connectivity index (χ1n) is 8.36. The quantitative estimate of drug-likeness (QED) is 0.900. The van der Waals surface area contributed by atoms with Gasteiger partial charge in [0.25, 0.3) is 5.91 Å². The highest BCUT2D eigenvalue weighted by molar-refractivity contribution is 5.92. The summed E-state index contributed by atoms with van der Waals surface area (Å²) >= 11 is 0. The topological polar surface area (TPSA) is 75.4 Å². The molecule has 1 N–H and O–H groups in total. The molecule has 0 aromatic carbocycles. The van der Waals surface area contributed by atoms with E-state index in [0.29, 0.717) is 5.89 Å². The second-order valence-corrected chi connectivity index (χ2v) is 6.69. The van der Waals surface area contributed by atoms with Gasteiger partial charge in [0.1, 0.15) is 12.3 Å². The lowest BCUT2D eigenvalue weighted by Gasteiger charge is -2.40. The summed E-state index contributed by atoms with van der Waals surface area (Å²) in [6.45, 7) is 1.10. The van der Waals surface area contributed by atoms with Crippen molar-refractivity contribution in [1.82, 2.24) is 15.2 Å². The first-order valence-corrected chi connectivity index (χ1v) is 8.36. The molecular weight excluding hydrogens is 339 g/mol. The molecule has 2 aliphatic rings. The number of nitrogens with zero attached hydrogens (tertiary/aromatic N) is 2. The largest absolute Gasteiger partial charge is 0.448 e. The maximum absolute atomic E-state index is 13.3. The van der Waals surface area contributed by atoms with Gasteiger partial charge in [-0.1, -0.05) is 6.42 Å². The minimum atomic E-state index is -4.53. The molecule has 2 unspecified atom stereocenters. The molecule has 9 heteroatoms. The number of alkyl halides is 3. The summed E-state index contributed by atoms with van der Waals surface area (Å²) in [5.41, 5.74) is -0.111. The van der Waals surface area contributed by atoms with Crippen LogP contribution in [-0.2, 0) is 4.79 Å². The Morgan fingerprint density at radius 2 is 2.00 bits per heavy atom. The molecule has 3 rings (SSSR count). The van der Waals surface area contributed by atoms with Crippen LogP contribution in [0.25, 0.3) is 0 Å². The summed E-state index contributed by atoms with van der Waals surface area (Å²) in [6.07, 6.45) is -0.617. The van der Waals surface area contributed by atoms with Crippen LogP contribution >= 0.6 is 0 Å². The Labute approximate surface area is 142 Å². The van der Waals surface area contributed by atoms with Crippen molar-refractivity contribution in [3.05, 3.63) is 17.8 Å². The van der Waals surface area contributed by atoms with Crippen molar-refractivity contribution in [2.24, 2.45) is 0 Å². The van der Waals surface area contributed by atoms with Crippen molar-refractivity contribution in [1.29, 1.82) is 0 Å². The molecule has 2 amide bonds. The molecule has 0 spiro atoms. The third-order valence-corrected chi connectivity index (χ3v) is 4.82. The average molecular weight is 359 g/mol.